The lowest BCUT2D eigenvalue weighted by Crippen LogP contribution is -2.50. The van der Waals surface area contributed by atoms with E-state index in [4.69, 9.17) is 4.74 Å². The highest BCUT2D eigenvalue weighted by Crippen LogP contribution is 2.24. The van der Waals surface area contributed by atoms with Crippen LogP contribution in [0.1, 0.15) is 16.1 Å². The molecule has 0 saturated carbocycles. The maximum Gasteiger partial charge on any atom is 0.264 e. The molecule has 2 atom stereocenters. The van der Waals surface area contributed by atoms with Crippen LogP contribution < -0.4 is 5.32 Å². The van der Waals surface area contributed by atoms with Gasteiger partial charge in [0.15, 0.2) is 0 Å². The lowest BCUT2D eigenvalue weighted by Gasteiger charge is -2.36. The number of piperidine rings is 1. The third-order valence-corrected chi connectivity index (χ3v) is 4.51. The van der Waals surface area contributed by atoms with Crippen LogP contribution >= 0.6 is 11.3 Å². The quantitative estimate of drug-likeness (QED) is 0.825. The van der Waals surface area contributed by atoms with Crippen LogP contribution in [0.4, 0.5) is 0 Å². The first-order valence-electron chi connectivity index (χ1n) is 6.48. The lowest BCUT2D eigenvalue weighted by atomic mass is 9.93. The Kier molecular flexibility index (Phi) is 3.52. The maximum atomic E-state index is 12.3. The zero-order valence-electron chi connectivity index (χ0n) is 10.5. The third kappa shape index (κ3) is 2.50. The molecule has 19 heavy (non-hydrogen) atoms. The average Bonchev–Trinajstić information content (AvgIpc) is 2.90. The van der Waals surface area contributed by atoms with Gasteiger partial charge in [-0.3, -0.25) is 9.59 Å². The molecule has 0 bridgehead atoms. The Morgan fingerprint density at radius 3 is 3.21 bits per heavy atom. The molecule has 0 spiro atoms. The minimum absolute atomic E-state index is 0.0432. The molecule has 2 fully saturated rings. The van der Waals surface area contributed by atoms with Crippen LogP contribution in [0.2, 0.25) is 0 Å². The second kappa shape index (κ2) is 5.30. The van der Waals surface area contributed by atoms with Crippen molar-refractivity contribution in [2.24, 2.45) is 5.92 Å². The van der Waals surface area contributed by atoms with Crippen LogP contribution in [0.5, 0.6) is 0 Å². The summed E-state index contributed by atoms with van der Waals surface area (Å²) in [5.41, 5.74) is 0. The molecule has 6 heteroatoms. The van der Waals surface area contributed by atoms with Gasteiger partial charge in [-0.1, -0.05) is 6.07 Å². The van der Waals surface area contributed by atoms with Crippen molar-refractivity contribution < 1.29 is 14.3 Å². The van der Waals surface area contributed by atoms with E-state index in [1.54, 1.807) is 4.90 Å². The predicted octanol–water partition coefficient (Wildman–Crippen LogP) is 0.725. The molecule has 1 N–H and O–H groups in total. The molecule has 2 amide bonds. The lowest BCUT2D eigenvalue weighted by molar-refractivity contribution is -0.129. The number of ether oxygens (including phenoxy) is 1. The van der Waals surface area contributed by atoms with Gasteiger partial charge in [-0.2, -0.15) is 0 Å². The molecule has 0 radical (unpaired) electrons. The second-order valence-corrected chi connectivity index (χ2v) is 5.77. The minimum atomic E-state index is -0.167. The van der Waals surface area contributed by atoms with E-state index in [0.717, 1.165) is 4.88 Å². The highest BCUT2D eigenvalue weighted by molar-refractivity contribution is 7.12. The van der Waals surface area contributed by atoms with Gasteiger partial charge in [-0.25, -0.2) is 0 Å². The average molecular weight is 280 g/mol. The number of amides is 2. The van der Waals surface area contributed by atoms with Gasteiger partial charge in [-0.15, -0.1) is 11.3 Å². The molecule has 1 aromatic heterocycles. The van der Waals surface area contributed by atoms with E-state index in [-0.39, 0.29) is 23.8 Å². The van der Waals surface area contributed by atoms with E-state index >= 15 is 0 Å². The summed E-state index contributed by atoms with van der Waals surface area (Å²) in [6, 6.07) is 3.71. The van der Waals surface area contributed by atoms with E-state index in [1.165, 1.54) is 11.3 Å². The molecule has 0 unspecified atom stereocenters. The van der Waals surface area contributed by atoms with Gasteiger partial charge in [0.2, 0.25) is 5.91 Å². The number of fused-ring (bicyclic) bond motifs is 1. The van der Waals surface area contributed by atoms with Crippen molar-refractivity contribution in [1.82, 2.24) is 10.2 Å². The fourth-order valence-corrected chi connectivity index (χ4v) is 3.33. The molecule has 0 aliphatic carbocycles. The van der Waals surface area contributed by atoms with E-state index in [1.807, 2.05) is 17.5 Å². The van der Waals surface area contributed by atoms with Crippen molar-refractivity contribution in [3.05, 3.63) is 22.4 Å². The fourth-order valence-electron chi connectivity index (χ4n) is 2.64. The van der Waals surface area contributed by atoms with Crippen LogP contribution in [0.15, 0.2) is 17.5 Å². The Morgan fingerprint density at radius 2 is 2.42 bits per heavy atom. The first kappa shape index (κ1) is 12.6. The van der Waals surface area contributed by atoms with Gasteiger partial charge in [0.05, 0.1) is 23.5 Å². The van der Waals surface area contributed by atoms with Crippen LogP contribution in [0.3, 0.4) is 0 Å². The highest BCUT2D eigenvalue weighted by atomic mass is 32.1. The van der Waals surface area contributed by atoms with Crippen LogP contribution in [0, 0.1) is 5.92 Å². The molecule has 2 aliphatic heterocycles. The number of hydrogen-bond acceptors (Lipinski definition) is 4. The Bertz CT molecular complexity index is 474. The molecule has 5 nitrogen and oxygen atoms in total. The van der Waals surface area contributed by atoms with Gasteiger partial charge in [-0.05, 0) is 17.9 Å². The number of hydrogen-bond donors (Lipinski definition) is 1. The Morgan fingerprint density at radius 1 is 1.53 bits per heavy atom. The van der Waals surface area contributed by atoms with Crippen LogP contribution in [0.25, 0.3) is 0 Å². The van der Waals surface area contributed by atoms with Gasteiger partial charge in [0.1, 0.15) is 0 Å². The minimum Gasteiger partial charge on any atom is -0.374 e. The monoisotopic (exact) mass is 280 g/mol. The topological polar surface area (TPSA) is 58.6 Å². The molecule has 3 heterocycles. The fraction of sp³-hybridized carbons (Fsp3) is 0.538. The number of carbonyl (C=O) groups is 2. The third-order valence-electron chi connectivity index (χ3n) is 3.65. The zero-order chi connectivity index (χ0) is 13.2. The first-order valence-corrected chi connectivity index (χ1v) is 7.36. The maximum absolute atomic E-state index is 12.3. The standard InChI is InChI=1S/C13H16N2O3S/c16-12-9-3-5-15(8-10(9)18-6-4-14-12)13(17)11-2-1-7-19-11/h1-2,7,9-10H,3-6,8H2,(H,14,16)/t9-,10+/m0/s1. The summed E-state index contributed by atoms with van der Waals surface area (Å²) >= 11 is 1.45. The summed E-state index contributed by atoms with van der Waals surface area (Å²) in [4.78, 5) is 26.7. The summed E-state index contributed by atoms with van der Waals surface area (Å²) in [6.45, 7) is 2.21. The van der Waals surface area contributed by atoms with Crippen molar-refractivity contribution in [1.29, 1.82) is 0 Å². The summed E-state index contributed by atoms with van der Waals surface area (Å²) < 4.78 is 5.70. The van der Waals surface area contributed by atoms with Gasteiger partial charge < -0.3 is 15.0 Å². The van der Waals surface area contributed by atoms with Crippen molar-refractivity contribution >= 4 is 23.2 Å². The van der Waals surface area contributed by atoms with Crippen molar-refractivity contribution in [3.63, 3.8) is 0 Å². The van der Waals surface area contributed by atoms with Crippen LogP contribution in [-0.4, -0.2) is 49.1 Å². The number of likely N-dealkylation sites (tertiary alicyclic amines) is 1. The smallest absolute Gasteiger partial charge is 0.264 e. The molecular weight excluding hydrogens is 264 g/mol. The summed E-state index contributed by atoms with van der Waals surface area (Å²) in [5, 5.41) is 4.75. The summed E-state index contributed by atoms with van der Waals surface area (Å²) in [6.07, 6.45) is 0.508. The normalized spacial score (nSPS) is 27.4. The molecule has 1 aromatic rings. The number of rotatable bonds is 1. The molecule has 3 rings (SSSR count). The molecule has 2 aliphatic rings. The van der Waals surface area contributed by atoms with Crippen molar-refractivity contribution in [3.8, 4) is 0 Å². The number of nitrogens with one attached hydrogen (secondary N) is 1. The van der Waals surface area contributed by atoms with Crippen molar-refractivity contribution in [2.45, 2.75) is 12.5 Å². The van der Waals surface area contributed by atoms with Crippen LogP contribution in [-0.2, 0) is 9.53 Å². The molecule has 0 aromatic carbocycles. The highest BCUT2D eigenvalue weighted by Gasteiger charge is 2.37. The Balaban J connectivity index is 1.71. The molecule has 102 valence electrons. The summed E-state index contributed by atoms with van der Waals surface area (Å²) in [5.74, 6) is -0.0117. The first-order chi connectivity index (χ1) is 9.25. The van der Waals surface area contributed by atoms with Gasteiger partial charge in [0, 0.05) is 19.6 Å². The van der Waals surface area contributed by atoms with E-state index in [2.05, 4.69) is 5.32 Å². The largest absolute Gasteiger partial charge is 0.374 e. The predicted molar refractivity (Wildman–Crippen MR) is 71.1 cm³/mol. The number of carbonyl (C=O) groups excluding carboxylic acids is 2. The number of thiophene rings is 1. The van der Waals surface area contributed by atoms with E-state index in [0.29, 0.717) is 32.7 Å². The Hall–Kier alpha value is -1.40. The van der Waals surface area contributed by atoms with E-state index < -0.39 is 0 Å². The van der Waals surface area contributed by atoms with Crippen molar-refractivity contribution in [2.75, 3.05) is 26.2 Å². The van der Waals surface area contributed by atoms with E-state index in [9.17, 15) is 9.59 Å². The molecular formula is C13H16N2O3S. The summed E-state index contributed by atoms with van der Waals surface area (Å²) in [7, 11) is 0. The SMILES string of the molecule is O=C1NCCO[C@@H]2CN(C(=O)c3cccs3)CC[C@H]12. The van der Waals surface area contributed by atoms with Gasteiger partial charge in [0.25, 0.3) is 5.91 Å². The Labute approximate surface area is 115 Å². The van der Waals surface area contributed by atoms with Gasteiger partial charge >= 0.3 is 0 Å². The zero-order valence-corrected chi connectivity index (χ0v) is 11.3. The second-order valence-electron chi connectivity index (χ2n) is 4.82. The number of nitrogens with zero attached hydrogens (tertiary/aromatic N) is 1. The molecule has 2 saturated heterocycles.